The summed E-state index contributed by atoms with van der Waals surface area (Å²) in [6, 6.07) is 0. The number of aliphatic hydroxyl groups excluding tert-OH is 9. The molecule has 3 saturated heterocycles. The average Bonchev–Trinajstić information content (AvgIpc) is 2.96. The summed E-state index contributed by atoms with van der Waals surface area (Å²) in [7, 11) is 0. The van der Waals surface area contributed by atoms with Gasteiger partial charge < -0.3 is 64.9 Å². The standard InChI is InChI=1S/C29H48O13/c30-10-21-24(36)25(37)26(38)29(41-21)42-28-15-9-18(11-1-3-13(31)4-2-11)39-19-7-14(32)8-20(22(15)19)40-27(28)12-5-16(33)23(35)17(34)6-12/h11-38H,1-10H2/p+1/t11?,12?,13?,14?,15?,16?,17?,18?,19?,20?,21-,22?,23?,24-,25+,26-,27?,28?,29+/m1/s1. The van der Waals surface area contributed by atoms with Crippen LogP contribution in [0.2, 0.25) is 0 Å². The van der Waals surface area contributed by atoms with Crippen LogP contribution in [0.5, 0.6) is 0 Å². The molecule has 0 aromatic rings. The van der Waals surface area contributed by atoms with Crippen molar-refractivity contribution < 1.29 is 64.9 Å². The maximum absolute atomic E-state index is 10.9. The molecule has 6 rings (SSSR count). The predicted molar refractivity (Wildman–Crippen MR) is 143 cm³/mol. The van der Waals surface area contributed by atoms with Crippen LogP contribution >= 0.6 is 0 Å². The molecule has 10 unspecified atom stereocenters. The molecule has 6 aliphatic rings. The van der Waals surface area contributed by atoms with Crippen molar-refractivity contribution in [1.29, 1.82) is 0 Å². The van der Waals surface area contributed by atoms with Crippen LogP contribution in [0.1, 0.15) is 57.8 Å². The lowest BCUT2D eigenvalue weighted by molar-refractivity contribution is -0.382. The third-order valence-electron chi connectivity index (χ3n) is 11.1. The Kier molecular flexibility index (Phi) is 9.51. The second kappa shape index (κ2) is 12.7. The predicted octanol–water partition coefficient (Wildman–Crippen LogP) is -2.96. The van der Waals surface area contributed by atoms with Gasteiger partial charge in [-0.15, -0.1) is 0 Å². The van der Waals surface area contributed by atoms with Gasteiger partial charge in [0.15, 0.2) is 18.5 Å². The molecule has 42 heavy (non-hydrogen) atoms. The number of ether oxygens (including phenoxy) is 4. The third-order valence-corrected chi connectivity index (χ3v) is 11.1. The van der Waals surface area contributed by atoms with Crippen LogP contribution in [-0.4, -0.2) is 149 Å². The molecule has 3 heterocycles. The number of hydrogen-bond donors (Lipinski definition) is 9. The molecule has 0 aromatic heterocycles. The van der Waals surface area contributed by atoms with E-state index < -0.39 is 79.9 Å². The van der Waals surface area contributed by atoms with E-state index in [0.29, 0.717) is 32.1 Å². The second-order valence-electron chi connectivity index (χ2n) is 13.7. The highest BCUT2D eigenvalue weighted by atomic mass is 16.7. The molecule has 0 radical (unpaired) electrons. The molecular weight excluding hydrogens is 556 g/mol. The minimum atomic E-state index is -1.62. The summed E-state index contributed by atoms with van der Waals surface area (Å²) in [6.45, 7) is -0.598. The lowest BCUT2D eigenvalue weighted by Gasteiger charge is -2.56. The van der Waals surface area contributed by atoms with Crippen molar-refractivity contribution in [2.45, 2.75) is 150 Å². The van der Waals surface area contributed by atoms with Crippen LogP contribution in [0.4, 0.5) is 0 Å². The summed E-state index contributed by atoms with van der Waals surface area (Å²) in [5, 5.41) is 93.8. The molecule has 3 aliphatic heterocycles. The van der Waals surface area contributed by atoms with Crippen molar-refractivity contribution in [3.63, 3.8) is 0 Å². The fourth-order valence-corrected chi connectivity index (χ4v) is 8.90. The summed E-state index contributed by atoms with van der Waals surface area (Å²) in [4.78, 5) is 0. The highest BCUT2D eigenvalue weighted by Crippen LogP contribution is 2.51. The van der Waals surface area contributed by atoms with Crippen molar-refractivity contribution >= 4 is 0 Å². The first-order chi connectivity index (χ1) is 20.0. The van der Waals surface area contributed by atoms with E-state index in [1.165, 1.54) is 0 Å². The van der Waals surface area contributed by atoms with Crippen LogP contribution in [0.25, 0.3) is 0 Å². The summed E-state index contributed by atoms with van der Waals surface area (Å²) in [6.07, 6.45) is -9.03. The molecule has 242 valence electrons. The van der Waals surface area contributed by atoms with Gasteiger partial charge in [-0.1, -0.05) is 0 Å². The van der Waals surface area contributed by atoms with E-state index in [1.54, 1.807) is 0 Å². The van der Waals surface area contributed by atoms with Crippen LogP contribution in [0, 0.1) is 23.7 Å². The van der Waals surface area contributed by atoms with E-state index in [0.717, 1.165) is 12.8 Å². The minimum Gasteiger partial charge on any atom is -0.427 e. The normalized spacial score (nSPS) is 56.9. The third kappa shape index (κ3) is 5.91. The van der Waals surface area contributed by atoms with E-state index in [2.05, 4.69) is 0 Å². The Morgan fingerprint density at radius 3 is 2.00 bits per heavy atom. The topological polar surface area (TPSA) is 223 Å². The Balaban J connectivity index is 1.33. The molecular formula is C29H49O13+. The molecule has 0 spiro atoms. The fraction of sp³-hybridized carbons (Fsp3) is 1.00. The van der Waals surface area contributed by atoms with Crippen LogP contribution in [0.15, 0.2) is 0 Å². The number of rotatable bonds is 5. The molecule has 0 amide bonds. The van der Waals surface area contributed by atoms with E-state index in [4.69, 9.17) is 18.9 Å². The molecule has 0 bridgehead atoms. The van der Waals surface area contributed by atoms with Crippen molar-refractivity contribution in [2.24, 2.45) is 23.7 Å². The van der Waals surface area contributed by atoms with Gasteiger partial charge in [-0.25, -0.2) is 0 Å². The largest absolute Gasteiger partial charge is 0.427 e. The van der Waals surface area contributed by atoms with Gasteiger partial charge in [-0.05, 0) is 50.9 Å². The first kappa shape index (κ1) is 31.5. The van der Waals surface area contributed by atoms with Gasteiger partial charge in [0.05, 0.1) is 49.1 Å². The van der Waals surface area contributed by atoms with Crippen molar-refractivity contribution in [1.82, 2.24) is 0 Å². The Morgan fingerprint density at radius 2 is 1.33 bits per heavy atom. The monoisotopic (exact) mass is 605 g/mol. The Labute approximate surface area is 245 Å². The van der Waals surface area contributed by atoms with Crippen molar-refractivity contribution in [3.05, 3.63) is 0 Å². The number of aliphatic hydroxyl groups is 11. The zero-order chi connectivity index (χ0) is 29.9. The first-order valence-electron chi connectivity index (χ1n) is 15.8. The average molecular weight is 606 g/mol. The van der Waals surface area contributed by atoms with Gasteiger partial charge in [0.2, 0.25) is 0 Å². The summed E-state index contributed by atoms with van der Waals surface area (Å²) >= 11 is 0. The van der Waals surface area contributed by atoms with E-state index >= 15 is 0 Å². The van der Waals surface area contributed by atoms with Crippen LogP contribution in [-0.2, 0) is 14.2 Å². The summed E-state index contributed by atoms with van der Waals surface area (Å²) in [5.41, 5.74) is 0. The van der Waals surface area contributed by atoms with Crippen molar-refractivity contribution in [3.8, 4) is 0 Å². The minimum absolute atomic E-state index is 0.103. The SMILES string of the molecule is OC[C@H]1O[C@@H](OC2C3CC(C4CCC(O)CC4)OC4CC(O)CC([OH+]C2C2CC(O)C(O)C(O)C2)C43)[C@H](O)[C@@H](O)[C@@H]1O. The smallest absolute Gasteiger partial charge is 0.187 e. The molecule has 13 nitrogen and oxygen atoms in total. The van der Waals surface area contributed by atoms with E-state index in [9.17, 15) is 46.0 Å². The van der Waals surface area contributed by atoms with Crippen molar-refractivity contribution in [2.75, 3.05) is 6.61 Å². The van der Waals surface area contributed by atoms with Gasteiger partial charge in [-0.2, -0.15) is 0 Å². The maximum Gasteiger partial charge on any atom is 0.187 e. The van der Waals surface area contributed by atoms with Gasteiger partial charge >= 0.3 is 0 Å². The molecule has 3 saturated carbocycles. The lowest BCUT2D eigenvalue weighted by atomic mass is 9.63. The Bertz CT molecular complexity index is 889. The molecule has 3 aliphatic carbocycles. The second-order valence-corrected chi connectivity index (χ2v) is 13.7. The van der Waals surface area contributed by atoms with Gasteiger partial charge in [0.25, 0.3) is 0 Å². The number of hydrogen-bond acceptors (Lipinski definition) is 12. The quantitative estimate of drug-likeness (QED) is 0.143. The summed E-state index contributed by atoms with van der Waals surface area (Å²) < 4.78 is 24.1. The molecule has 0 aromatic carbocycles. The first-order valence-corrected chi connectivity index (χ1v) is 15.8. The van der Waals surface area contributed by atoms with Crippen LogP contribution in [0.3, 0.4) is 0 Å². The zero-order valence-corrected chi connectivity index (χ0v) is 23.7. The maximum atomic E-state index is 10.9. The molecule has 10 N–H and O–H groups in total. The highest BCUT2D eigenvalue weighted by molar-refractivity contribution is 5.06. The lowest BCUT2D eigenvalue weighted by Crippen LogP contribution is -2.68. The molecule has 13 heteroatoms. The van der Waals surface area contributed by atoms with Gasteiger partial charge in [0, 0.05) is 24.7 Å². The summed E-state index contributed by atoms with van der Waals surface area (Å²) in [5.74, 6) is -0.452. The van der Waals surface area contributed by atoms with E-state index in [1.807, 2.05) is 0 Å². The Morgan fingerprint density at radius 1 is 0.643 bits per heavy atom. The zero-order valence-electron chi connectivity index (χ0n) is 23.7. The highest BCUT2D eigenvalue weighted by Gasteiger charge is 2.62. The fourth-order valence-electron chi connectivity index (χ4n) is 8.90. The Hall–Kier alpha value is -0.520. The molecule has 6 fully saturated rings. The van der Waals surface area contributed by atoms with E-state index in [-0.39, 0.29) is 55.0 Å². The molecule has 15 atom stereocenters. The van der Waals surface area contributed by atoms with Gasteiger partial charge in [0.1, 0.15) is 36.6 Å². The van der Waals surface area contributed by atoms with Crippen LogP contribution < -0.4 is 0 Å². The van der Waals surface area contributed by atoms with Gasteiger partial charge in [-0.3, -0.25) is 0 Å².